The molecule has 1 rings (SSSR count). The number of hydrogen-bond acceptors (Lipinski definition) is 2. The van der Waals surface area contributed by atoms with Gasteiger partial charge in [-0.1, -0.05) is 32.3 Å². The summed E-state index contributed by atoms with van der Waals surface area (Å²) in [6.07, 6.45) is 0. The molecule has 0 bridgehead atoms. The van der Waals surface area contributed by atoms with Crippen LogP contribution < -0.4 is 0 Å². The van der Waals surface area contributed by atoms with Gasteiger partial charge in [0.15, 0.2) is 0 Å². The number of nitrogens with zero attached hydrogens (tertiary/aromatic N) is 1. The maximum absolute atomic E-state index is 5.26. The van der Waals surface area contributed by atoms with E-state index in [1.807, 2.05) is 0 Å². The highest BCUT2D eigenvalue weighted by molar-refractivity contribution is 5.27. The highest BCUT2D eigenvalue weighted by Crippen LogP contribution is 2.03. The molecule has 0 aromatic carbocycles. The summed E-state index contributed by atoms with van der Waals surface area (Å²) in [5.41, 5.74) is 1.03. The maximum atomic E-state index is 5.26. The summed E-state index contributed by atoms with van der Waals surface area (Å²) < 4.78 is 5.26. The van der Waals surface area contributed by atoms with Gasteiger partial charge in [0.2, 0.25) is 0 Å². The molecule has 0 spiro atoms. The van der Waals surface area contributed by atoms with Gasteiger partial charge in [0.05, 0.1) is 19.8 Å². The molecule has 0 unspecified atom stereocenters. The van der Waals surface area contributed by atoms with E-state index in [-0.39, 0.29) is 0 Å². The van der Waals surface area contributed by atoms with Gasteiger partial charge in [-0.25, -0.2) is 0 Å². The van der Waals surface area contributed by atoms with E-state index in [9.17, 15) is 0 Å². The first-order chi connectivity index (χ1) is 6.70. The van der Waals surface area contributed by atoms with Gasteiger partial charge in [-0.15, -0.1) is 0 Å². The summed E-state index contributed by atoms with van der Waals surface area (Å²) in [5, 5.41) is 0. The number of morpholine rings is 1. The van der Waals surface area contributed by atoms with E-state index in [4.69, 9.17) is 4.74 Å². The third-order valence-electron chi connectivity index (χ3n) is 2.35. The number of ether oxygens (including phenoxy) is 1. The summed E-state index contributed by atoms with van der Waals surface area (Å²) in [4.78, 5) is 2.31. The van der Waals surface area contributed by atoms with Crippen LogP contribution in [0.15, 0.2) is 12.2 Å². The lowest BCUT2D eigenvalue weighted by molar-refractivity contribution is 0.0443. The van der Waals surface area contributed by atoms with Crippen LogP contribution in [-0.4, -0.2) is 37.7 Å². The van der Waals surface area contributed by atoms with Crippen LogP contribution in [0.5, 0.6) is 0 Å². The van der Waals surface area contributed by atoms with E-state index < -0.39 is 0 Å². The molecular weight excluding hydrogens is 174 g/mol. The van der Waals surface area contributed by atoms with Crippen molar-refractivity contribution < 1.29 is 4.74 Å². The topological polar surface area (TPSA) is 12.5 Å². The monoisotopic (exact) mass is 193 g/mol. The molecule has 2 heteroatoms. The van der Waals surface area contributed by atoms with Gasteiger partial charge in [-0.2, -0.15) is 0 Å². The van der Waals surface area contributed by atoms with Crippen LogP contribution in [0.1, 0.15) is 13.8 Å². The van der Waals surface area contributed by atoms with Crippen LogP contribution in [0, 0.1) is 17.8 Å². The van der Waals surface area contributed by atoms with Crippen molar-refractivity contribution in [3.8, 4) is 11.8 Å². The Labute approximate surface area is 86.9 Å². The molecule has 0 N–H and O–H groups in total. The molecule has 1 saturated heterocycles. The Morgan fingerprint density at radius 3 is 2.64 bits per heavy atom. The van der Waals surface area contributed by atoms with Gasteiger partial charge in [0, 0.05) is 13.1 Å². The van der Waals surface area contributed by atoms with Gasteiger partial charge >= 0.3 is 0 Å². The Morgan fingerprint density at radius 2 is 2.07 bits per heavy atom. The molecular formula is C12H19NO. The smallest absolute Gasteiger partial charge is 0.0606 e. The fraction of sp³-hybridized carbons (Fsp3) is 0.667. The lowest BCUT2D eigenvalue weighted by Gasteiger charge is -2.24. The zero-order valence-corrected chi connectivity index (χ0v) is 9.18. The number of allylic oxidation sites excluding steroid dienone is 1. The fourth-order valence-electron chi connectivity index (χ4n) is 1.17. The molecule has 14 heavy (non-hydrogen) atoms. The molecule has 0 aromatic heterocycles. The SMILES string of the molecule is C=C(C#CCN1CCOCC1)C(C)C. The zero-order valence-electron chi connectivity index (χ0n) is 9.18. The minimum Gasteiger partial charge on any atom is -0.379 e. The van der Waals surface area contributed by atoms with E-state index in [0.717, 1.165) is 38.4 Å². The third kappa shape index (κ3) is 3.95. The molecule has 0 aliphatic carbocycles. The normalized spacial score (nSPS) is 17.6. The summed E-state index contributed by atoms with van der Waals surface area (Å²) in [6, 6.07) is 0. The molecule has 1 aliphatic rings. The van der Waals surface area contributed by atoms with Crippen LogP contribution >= 0.6 is 0 Å². The number of rotatable bonds is 2. The van der Waals surface area contributed by atoms with Crippen molar-refractivity contribution in [1.82, 2.24) is 4.90 Å². The lowest BCUT2D eigenvalue weighted by atomic mass is 10.1. The van der Waals surface area contributed by atoms with Crippen LogP contribution in [-0.2, 0) is 4.74 Å². The van der Waals surface area contributed by atoms with Crippen molar-refractivity contribution in [3.05, 3.63) is 12.2 Å². The van der Waals surface area contributed by atoms with Gasteiger partial charge in [0.25, 0.3) is 0 Å². The molecule has 0 radical (unpaired) electrons. The Bertz CT molecular complexity index is 241. The Morgan fingerprint density at radius 1 is 1.43 bits per heavy atom. The lowest BCUT2D eigenvalue weighted by Crippen LogP contribution is -2.36. The van der Waals surface area contributed by atoms with Crippen molar-refractivity contribution in [1.29, 1.82) is 0 Å². The van der Waals surface area contributed by atoms with E-state index in [2.05, 4.69) is 37.2 Å². The fourth-order valence-corrected chi connectivity index (χ4v) is 1.17. The molecule has 0 amide bonds. The second kappa shape index (κ2) is 5.85. The molecule has 2 nitrogen and oxygen atoms in total. The Kier molecular flexibility index (Phi) is 4.72. The van der Waals surface area contributed by atoms with Crippen molar-refractivity contribution in [2.24, 2.45) is 5.92 Å². The van der Waals surface area contributed by atoms with Crippen molar-refractivity contribution in [2.45, 2.75) is 13.8 Å². The second-order valence-corrected chi connectivity index (χ2v) is 3.87. The van der Waals surface area contributed by atoms with Crippen molar-refractivity contribution in [3.63, 3.8) is 0 Å². The highest BCUT2D eigenvalue weighted by atomic mass is 16.5. The predicted octanol–water partition coefficient (Wildman–Crippen LogP) is 1.53. The average molecular weight is 193 g/mol. The zero-order chi connectivity index (χ0) is 10.4. The standard InChI is InChI=1S/C12H19NO/c1-11(2)12(3)5-4-6-13-7-9-14-10-8-13/h11H,3,6-10H2,1-2H3. The first-order valence-electron chi connectivity index (χ1n) is 5.18. The largest absolute Gasteiger partial charge is 0.379 e. The average Bonchev–Trinajstić information content (AvgIpc) is 2.19. The molecule has 0 aromatic rings. The minimum absolute atomic E-state index is 0.465. The Balaban J connectivity index is 2.27. The van der Waals surface area contributed by atoms with Crippen LogP contribution in [0.25, 0.3) is 0 Å². The molecule has 0 atom stereocenters. The Hall–Kier alpha value is -0.780. The second-order valence-electron chi connectivity index (χ2n) is 3.87. The third-order valence-corrected chi connectivity index (χ3v) is 2.35. The van der Waals surface area contributed by atoms with Gasteiger partial charge in [-0.3, -0.25) is 4.90 Å². The molecule has 1 aliphatic heterocycles. The highest BCUT2D eigenvalue weighted by Gasteiger charge is 2.07. The van der Waals surface area contributed by atoms with Crippen LogP contribution in [0.2, 0.25) is 0 Å². The predicted molar refractivity (Wildman–Crippen MR) is 59.0 cm³/mol. The van der Waals surface area contributed by atoms with Gasteiger partial charge in [0.1, 0.15) is 0 Å². The molecule has 78 valence electrons. The summed E-state index contributed by atoms with van der Waals surface area (Å²) >= 11 is 0. The first-order valence-corrected chi connectivity index (χ1v) is 5.18. The quantitative estimate of drug-likeness (QED) is 0.617. The molecule has 1 fully saturated rings. The summed E-state index contributed by atoms with van der Waals surface area (Å²) in [7, 11) is 0. The van der Waals surface area contributed by atoms with E-state index >= 15 is 0 Å². The maximum Gasteiger partial charge on any atom is 0.0606 e. The van der Waals surface area contributed by atoms with Crippen molar-refractivity contribution in [2.75, 3.05) is 32.8 Å². The van der Waals surface area contributed by atoms with Crippen LogP contribution in [0.3, 0.4) is 0 Å². The summed E-state index contributed by atoms with van der Waals surface area (Å²) in [6.45, 7) is 12.7. The first kappa shape index (κ1) is 11.3. The summed E-state index contributed by atoms with van der Waals surface area (Å²) in [5.74, 6) is 6.72. The number of hydrogen-bond donors (Lipinski definition) is 0. The van der Waals surface area contributed by atoms with E-state index in [1.54, 1.807) is 0 Å². The van der Waals surface area contributed by atoms with Gasteiger partial charge in [-0.05, 0) is 11.5 Å². The van der Waals surface area contributed by atoms with Gasteiger partial charge < -0.3 is 4.74 Å². The van der Waals surface area contributed by atoms with E-state index in [0.29, 0.717) is 5.92 Å². The van der Waals surface area contributed by atoms with Crippen LogP contribution in [0.4, 0.5) is 0 Å². The minimum atomic E-state index is 0.465. The molecule has 0 saturated carbocycles. The molecule has 1 heterocycles. The van der Waals surface area contributed by atoms with Crippen molar-refractivity contribution >= 4 is 0 Å². The van der Waals surface area contributed by atoms with E-state index in [1.165, 1.54) is 0 Å².